The molecular formula is C23H32ClF3N2O4. The van der Waals surface area contributed by atoms with Crippen LogP contribution in [0.25, 0.3) is 0 Å². The third-order valence-corrected chi connectivity index (χ3v) is 8.94. The van der Waals surface area contributed by atoms with E-state index >= 15 is 0 Å². The van der Waals surface area contributed by atoms with E-state index in [-0.39, 0.29) is 67.1 Å². The topological polar surface area (TPSA) is 67.9 Å². The van der Waals surface area contributed by atoms with Gasteiger partial charge in [0, 0.05) is 24.9 Å². The number of ether oxygens (including phenoxy) is 2. The lowest BCUT2D eigenvalue weighted by molar-refractivity contribution is -0.187. The fourth-order valence-electron chi connectivity index (χ4n) is 6.68. The molecule has 6 nitrogen and oxygen atoms in total. The Kier molecular flexibility index (Phi) is 6.25. The molecular weight excluding hydrogens is 461 g/mol. The number of carbonyl (C=O) groups is 2. The monoisotopic (exact) mass is 492 g/mol. The van der Waals surface area contributed by atoms with Crippen molar-refractivity contribution in [2.45, 2.75) is 111 Å². The molecule has 6 fully saturated rings. The van der Waals surface area contributed by atoms with Crippen LogP contribution in [-0.4, -0.2) is 77.2 Å². The molecule has 1 heterocycles. The van der Waals surface area contributed by atoms with Crippen molar-refractivity contribution in [3.63, 3.8) is 0 Å². The average molecular weight is 493 g/mol. The van der Waals surface area contributed by atoms with Crippen LogP contribution in [0.4, 0.5) is 18.0 Å². The third-order valence-electron chi connectivity index (χ3n) is 8.44. The smallest absolute Gasteiger partial charge is 0.410 e. The molecule has 2 amide bonds. The van der Waals surface area contributed by atoms with Gasteiger partial charge in [-0.15, -0.1) is 11.6 Å². The third kappa shape index (κ3) is 4.44. The second-order valence-electron chi connectivity index (χ2n) is 10.8. The lowest BCUT2D eigenvalue weighted by Crippen LogP contribution is -2.84. The molecule has 33 heavy (non-hydrogen) atoms. The summed E-state index contributed by atoms with van der Waals surface area (Å²) in [6.45, 7) is 0.431. The molecule has 0 spiro atoms. The first-order valence-corrected chi connectivity index (χ1v) is 12.6. The number of nitrogens with zero attached hydrogens (tertiary/aromatic N) is 1. The molecule has 7 unspecified atom stereocenters. The summed E-state index contributed by atoms with van der Waals surface area (Å²) in [5, 5.41) is 2.55. The number of carbonyl (C=O) groups excluding carboxylic acids is 2. The summed E-state index contributed by atoms with van der Waals surface area (Å²) in [5.74, 6) is -0.346. The number of halogens is 4. The molecule has 6 rings (SSSR count). The van der Waals surface area contributed by atoms with Gasteiger partial charge in [-0.3, -0.25) is 4.79 Å². The standard InChI is InChI=1S/C23H32ClF3N2O4/c24-15-3-2-14(8-17(15)26)32-9-20(30)28-22-10-23(11-22,12-22)29-6-5-19(33-21(29)31)13-1-4-16(25)18(27)7-13/h13-19H,1-12H2,(H,28,30). The fourth-order valence-corrected chi connectivity index (χ4v) is 6.91. The minimum absolute atomic E-state index is 0.108. The molecule has 2 bridgehead atoms. The second kappa shape index (κ2) is 8.77. The Hall–Kier alpha value is -1.22. The van der Waals surface area contributed by atoms with E-state index in [0.717, 1.165) is 0 Å². The van der Waals surface area contributed by atoms with E-state index in [0.29, 0.717) is 51.5 Å². The second-order valence-corrected chi connectivity index (χ2v) is 11.4. The highest BCUT2D eigenvalue weighted by atomic mass is 35.5. The summed E-state index contributed by atoms with van der Waals surface area (Å²) in [7, 11) is 0. The average Bonchev–Trinajstić information content (AvgIpc) is 2.73. The van der Waals surface area contributed by atoms with Gasteiger partial charge in [0.15, 0.2) is 0 Å². The van der Waals surface area contributed by atoms with Gasteiger partial charge in [0.2, 0.25) is 5.91 Å². The molecule has 0 radical (unpaired) electrons. The van der Waals surface area contributed by atoms with Gasteiger partial charge in [-0.2, -0.15) is 0 Å². The van der Waals surface area contributed by atoms with Crippen LogP contribution < -0.4 is 5.32 Å². The van der Waals surface area contributed by atoms with E-state index in [1.165, 1.54) is 0 Å². The summed E-state index contributed by atoms with van der Waals surface area (Å²) in [4.78, 5) is 26.8. The molecule has 5 saturated carbocycles. The number of amides is 2. The van der Waals surface area contributed by atoms with Crippen LogP contribution in [0, 0.1) is 5.92 Å². The van der Waals surface area contributed by atoms with E-state index < -0.39 is 23.9 Å². The zero-order chi connectivity index (χ0) is 23.4. The summed E-state index contributed by atoms with van der Waals surface area (Å²) >= 11 is 5.88. The van der Waals surface area contributed by atoms with Crippen molar-refractivity contribution >= 4 is 23.6 Å². The Morgan fingerprint density at radius 2 is 1.82 bits per heavy atom. The van der Waals surface area contributed by atoms with E-state index in [1.807, 2.05) is 0 Å². The first-order valence-electron chi connectivity index (χ1n) is 12.2. The van der Waals surface area contributed by atoms with Crippen LogP contribution in [0.2, 0.25) is 0 Å². The molecule has 186 valence electrons. The van der Waals surface area contributed by atoms with Crippen LogP contribution in [-0.2, 0) is 14.3 Å². The Labute approximate surface area is 196 Å². The van der Waals surface area contributed by atoms with Crippen molar-refractivity contribution in [3.05, 3.63) is 0 Å². The maximum atomic E-state index is 13.8. The van der Waals surface area contributed by atoms with Gasteiger partial charge < -0.3 is 19.7 Å². The van der Waals surface area contributed by atoms with E-state index in [1.54, 1.807) is 4.90 Å². The molecule has 10 heteroatoms. The van der Waals surface area contributed by atoms with Crippen molar-refractivity contribution in [2.24, 2.45) is 5.92 Å². The lowest BCUT2D eigenvalue weighted by atomic mass is 9.43. The Morgan fingerprint density at radius 3 is 2.48 bits per heavy atom. The molecule has 7 atom stereocenters. The van der Waals surface area contributed by atoms with E-state index in [2.05, 4.69) is 5.32 Å². The Balaban J connectivity index is 1.05. The van der Waals surface area contributed by atoms with E-state index in [9.17, 15) is 22.8 Å². The zero-order valence-corrected chi connectivity index (χ0v) is 19.4. The Bertz CT molecular complexity index is 769. The van der Waals surface area contributed by atoms with Gasteiger partial charge in [0.1, 0.15) is 31.2 Å². The summed E-state index contributed by atoms with van der Waals surface area (Å²) in [6.07, 6.45) is -0.119. The quantitative estimate of drug-likeness (QED) is 0.569. The number of hydrogen-bond donors (Lipinski definition) is 1. The van der Waals surface area contributed by atoms with Crippen LogP contribution in [0.3, 0.4) is 0 Å². The number of nitrogens with one attached hydrogen (secondary N) is 1. The summed E-state index contributed by atoms with van der Waals surface area (Å²) in [5.41, 5.74) is -0.593. The molecule has 1 N–H and O–H groups in total. The van der Waals surface area contributed by atoms with Crippen LogP contribution >= 0.6 is 11.6 Å². The zero-order valence-electron chi connectivity index (χ0n) is 18.6. The van der Waals surface area contributed by atoms with Crippen molar-refractivity contribution < 1.29 is 32.2 Å². The van der Waals surface area contributed by atoms with Crippen LogP contribution in [0.1, 0.15) is 64.2 Å². The first kappa shape index (κ1) is 23.5. The Morgan fingerprint density at radius 1 is 1.06 bits per heavy atom. The highest BCUT2D eigenvalue weighted by molar-refractivity contribution is 6.21. The molecule has 1 aliphatic heterocycles. The highest BCUT2D eigenvalue weighted by Gasteiger charge is 2.72. The summed E-state index contributed by atoms with van der Waals surface area (Å²) in [6, 6.07) is 0. The first-order chi connectivity index (χ1) is 15.7. The fraction of sp³-hybridized carbons (Fsp3) is 0.913. The summed E-state index contributed by atoms with van der Waals surface area (Å²) < 4.78 is 52.2. The van der Waals surface area contributed by atoms with Gasteiger partial charge in [-0.05, 0) is 57.3 Å². The van der Waals surface area contributed by atoms with Gasteiger partial charge >= 0.3 is 6.09 Å². The molecule has 0 aromatic carbocycles. The van der Waals surface area contributed by atoms with Gasteiger partial charge in [0.05, 0.1) is 17.0 Å². The highest BCUT2D eigenvalue weighted by Crippen LogP contribution is 2.64. The molecule has 0 aromatic rings. The maximum absolute atomic E-state index is 13.8. The minimum Gasteiger partial charge on any atom is -0.446 e. The number of alkyl halides is 4. The van der Waals surface area contributed by atoms with Gasteiger partial charge in [-0.1, -0.05) is 0 Å². The predicted octanol–water partition coefficient (Wildman–Crippen LogP) is 3.98. The molecule has 1 saturated heterocycles. The van der Waals surface area contributed by atoms with Crippen LogP contribution in [0.5, 0.6) is 0 Å². The molecule has 6 aliphatic rings. The van der Waals surface area contributed by atoms with Crippen LogP contribution in [0.15, 0.2) is 0 Å². The maximum Gasteiger partial charge on any atom is 0.410 e. The molecule has 5 aliphatic carbocycles. The van der Waals surface area contributed by atoms with Crippen molar-refractivity contribution in [1.29, 1.82) is 0 Å². The number of hydrogen-bond acceptors (Lipinski definition) is 4. The van der Waals surface area contributed by atoms with Gasteiger partial charge in [0.25, 0.3) is 0 Å². The predicted molar refractivity (Wildman–Crippen MR) is 114 cm³/mol. The van der Waals surface area contributed by atoms with Crippen molar-refractivity contribution in [1.82, 2.24) is 10.2 Å². The largest absolute Gasteiger partial charge is 0.446 e. The minimum atomic E-state index is -1.47. The SMILES string of the molecule is O=C(COC1CCC(Cl)C(F)C1)NC12CC(N3CCC(C4CCC(F)C(F)C4)OC3=O)(C1)C2. The van der Waals surface area contributed by atoms with E-state index in [4.69, 9.17) is 21.1 Å². The van der Waals surface area contributed by atoms with Crippen molar-refractivity contribution in [3.8, 4) is 0 Å². The number of cyclic esters (lactones) is 1. The number of rotatable bonds is 6. The molecule has 0 aromatic heterocycles. The van der Waals surface area contributed by atoms with Crippen molar-refractivity contribution in [2.75, 3.05) is 13.2 Å². The lowest BCUT2D eigenvalue weighted by Gasteiger charge is -2.73. The van der Waals surface area contributed by atoms with Gasteiger partial charge in [-0.25, -0.2) is 18.0 Å². The normalized spacial score (nSPS) is 47.2.